The second-order valence-electron chi connectivity index (χ2n) is 7.54. The fourth-order valence-electron chi connectivity index (χ4n) is 4.17. The van der Waals surface area contributed by atoms with E-state index in [-0.39, 0.29) is 17.5 Å². The van der Waals surface area contributed by atoms with Crippen molar-refractivity contribution in [2.24, 2.45) is 0 Å². The first-order valence-corrected chi connectivity index (χ1v) is 11.3. The Labute approximate surface area is 182 Å². The van der Waals surface area contributed by atoms with Gasteiger partial charge >= 0.3 is 0 Å². The lowest BCUT2D eigenvalue weighted by molar-refractivity contribution is 0.0725. The lowest BCUT2D eigenvalue weighted by Crippen LogP contribution is -2.33. The summed E-state index contributed by atoms with van der Waals surface area (Å²) in [5.41, 5.74) is 2.56. The molecule has 4 aromatic rings. The lowest BCUT2D eigenvalue weighted by Gasteiger charge is -2.24. The van der Waals surface area contributed by atoms with E-state index in [1.165, 1.54) is 17.2 Å². The highest BCUT2D eigenvalue weighted by atomic mass is 32.2. The lowest BCUT2D eigenvalue weighted by atomic mass is 10.1. The van der Waals surface area contributed by atoms with Crippen LogP contribution in [0, 0.1) is 12.7 Å². The number of hydrogen-bond donors (Lipinski definition) is 1. The van der Waals surface area contributed by atoms with Gasteiger partial charge in [0.1, 0.15) is 28.4 Å². The van der Waals surface area contributed by atoms with Gasteiger partial charge in [0.25, 0.3) is 5.91 Å². The molecule has 31 heavy (non-hydrogen) atoms. The first-order valence-electron chi connectivity index (χ1n) is 10.1. The number of fused-ring (bicyclic) bond motifs is 1. The van der Waals surface area contributed by atoms with Crippen molar-refractivity contribution in [1.29, 1.82) is 0 Å². The highest BCUT2D eigenvalue weighted by Gasteiger charge is 2.35. The third-order valence-electron chi connectivity index (χ3n) is 5.70. The summed E-state index contributed by atoms with van der Waals surface area (Å²) in [5, 5.41) is 8.20. The number of para-hydroxylation sites is 1. The number of imidazole rings is 1. The summed E-state index contributed by atoms with van der Waals surface area (Å²) < 4.78 is 15.2. The number of likely N-dealkylation sites (tertiary alicyclic amines) is 1. The SMILES string of the molecule is CSc1cccc2[nH]c([C@@H]3CCCN3C(=O)c3c(-n4nccn4)ccc(C)c3F)nc12. The van der Waals surface area contributed by atoms with Crippen LogP contribution in [0.1, 0.15) is 40.6 Å². The molecule has 1 N–H and O–H groups in total. The number of rotatable bonds is 4. The number of aromatic amines is 1. The van der Waals surface area contributed by atoms with Crippen molar-refractivity contribution in [2.75, 3.05) is 12.8 Å². The predicted octanol–water partition coefficient (Wildman–Crippen LogP) is 4.29. The van der Waals surface area contributed by atoms with Crippen LogP contribution in [0.4, 0.5) is 4.39 Å². The number of aromatic nitrogens is 5. The van der Waals surface area contributed by atoms with Crippen LogP contribution in [-0.4, -0.2) is 48.6 Å². The van der Waals surface area contributed by atoms with Crippen molar-refractivity contribution < 1.29 is 9.18 Å². The van der Waals surface area contributed by atoms with Crippen LogP contribution >= 0.6 is 11.8 Å². The molecule has 0 saturated carbocycles. The number of carbonyl (C=O) groups is 1. The molecule has 0 radical (unpaired) electrons. The highest BCUT2D eigenvalue weighted by Crippen LogP contribution is 2.35. The summed E-state index contributed by atoms with van der Waals surface area (Å²) in [7, 11) is 0. The molecule has 1 saturated heterocycles. The average molecular weight is 437 g/mol. The van der Waals surface area contributed by atoms with E-state index >= 15 is 4.39 Å². The van der Waals surface area contributed by atoms with Crippen LogP contribution in [0.5, 0.6) is 0 Å². The third kappa shape index (κ3) is 3.29. The summed E-state index contributed by atoms with van der Waals surface area (Å²) in [6.45, 7) is 2.19. The first-order chi connectivity index (χ1) is 15.1. The van der Waals surface area contributed by atoms with E-state index in [1.807, 2.05) is 24.5 Å². The van der Waals surface area contributed by atoms with Gasteiger partial charge in [-0.25, -0.2) is 9.37 Å². The minimum Gasteiger partial charge on any atom is -0.340 e. The number of H-pyrrole nitrogens is 1. The van der Waals surface area contributed by atoms with Crippen molar-refractivity contribution in [3.63, 3.8) is 0 Å². The molecular formula is C22H21FN6OS. The molecule has 0 aliphatic carbocycles. The number of nitrogens with zero attached hydrogens (tertiary/aromatic N) is 5. The Hall–Kier alpha value is -3.20. The Morgan fingerprint density at radius 3 is 2.81 bits per heavy atom. The van der Waals surface area contributed by atoms with E-state index in [0.29, 0.717) is 17.8 Å². The van der Waals surface area contributed by atoms with Crippen LogP contribution < -0.4 is 0 Å². The number of thioether (sulfide) groups is 1. The molecule has 0 bridgehead atoms. The molecule has 9 heteroatoms. The molecule has 1 fully saturated rings. The Bertz CT molecular complexity index is 1270. The quantitative estimate of drug-likeness (QED) is 0.483. The van der Waals surface area contributed by atoms with E-state index in [0.717, 1.165) is 34.6 Å². The Balaban J connectivity index is 1.57. The minimum atomic E-state index is -0.542. The summed E-state index contributed by atoms with van der Waals surface area (Å²) in [6.07, 6.45) is 6.61. The van der Waals surface area contributed by atoms with Crippen molar-refractivity contribution in [3.8, 4) is 5.69 Å². The number of nitrogens with one attached hydrogen (secondary N) is 1. The predicted molar refractivity (Wildman–Crippen MR) is 117 cm³/mol. The zero-order valence-corrected chi connectivity index (χ0v) is 18.0. The van der Waals surface area contributed by atoms with E-state index in [4.69, 9.17) is 4.98 Å². The van der Waals surface area contributed by atoms with Gasteiger partial charge in [0.15, 0.2) is 0 Å². The molecular weight excluding hydrogens is 415 g/mol. The zero-order valence-electron chi connectivity index (χ0n) is 17.2. The van der Waals surface area contributed by atoms with Crippen molar-refractivity contribution in [2.45, 2.75) is 30.7 Å². The monoisotopic (exact) mass is 436 g/mol. The van der Waals surface area contributed by atoms with Gasteiger partial charge in [0.2, 0.25) is 0 Å². The Morgan fingerprint density at radius 1 is 1.23 bits per heavy atom. The van der Waals surface area contributed by atoms with Gasteiger partial charge in [-0.1, -0.05) is 12.1 Å². The molecule has 1 aliphatic rings. The van der Waals surface area contributed by atoms with Crippen molar-refractivity contribution in [3.05, 3.63) is 65.5 Å². The molecule has 1 amide bonds. The Kier molecular flexibility index (Phi) is 4.97. The van der Waals surface area contributed by atoms with Gasteiger partial charge in [-0.05, 0) is 49.8 Å². The normalized spacial score (nSPS) is 16.4. The van der Waals surface area contributed by atoms with E-state index < -0.39 is 5.82 Å². The topological polar surface area (TPSA) is 79.7 Å². The largest absolute Gasteiger partial charge is 0.340 e. The van der Waals surface area contributed by atoms with Crippen LogP contribution in [0.2, 0.25) is 0 Å². The van der Waals surface area contributed by atoms with E-state index in [2.05, 4.69) is 15.2 Å². The van der Waals surface area contributed by atoms with Gasteiger partial charge in [-0.2, -0.15) is 15.0 Å². The molecule has 0 unspecified atom stereocenters. The van der Waals surface area contributed by atoms with E-state index in [1.54, 1.807) is 35.7 Å². The maximum Gasteiger partial charge on any atom is 0.259 e. The van der Waals surface area contributed by atoms with Crippen molar-refractivity contribution >= 4 is 28.7 Å². The summed E-state index contributed by atoms with van der Waals surface area (Å²) in [5.74, 6) is -0.185. The number of benzene rings is 2. The summed E-state index contributed by atoms with van der Waals surface area (Å²) >= 11 is 1.63. The molecule has 158 valence electrons. The Morgan fingerprint density at radius 2 is 2.03 bits per heavy atom. The second-order valence-corrected chi connectivity index (χ2v) is 8.39. The number of hydrogen-bond acceptors (Lipinski definition) is 5. The smallest absolute Gasteiger partial charge is 0.259 e. The molecule has 1 atom stereocenters. The average Bonchev–Trinajstić information content (AvgIpc) is 3.54. The van der Waals surface area contributed by atoms with Gasteiger partial charge in [0.05, 0.1) is 24.0 Å². The number of carbonyl (C=O) groups excluding carboxylic acids is 1. The first kappa shape index (κ1) is 19.7. The van der Waals surface area contributed by atoms with Gasteiger partial charge < -0.3 is 9.88 Å². The molecule has 0 spiro atoms. The molecule has 1 aliphatic heterocycles. The molecule has 2 aromatic heterocycles. The van der Waals surface area contributed by atoms with Crippen LogP contribution in [0.3, 0.4) is 0 Å². The summed E-state index contributed by atoms with van der Waals surface area (Å²) in [6, 6.07) is 9.07. The molecule has 3 heterocycles. The molecule has 7 nitrogen and oxygen atoms in total. The molecule has 5 rings (SSSR count). The van der Waals surface area contributed by atoms with Crippen LogP contribution in [-0.2, 0) is 0 Å². The van der Waals surface area contributed by atoms with Gasteiger partial charge in [-0.15, -0.1) is 11.8 Å². The second kappa shape index (κ2) is 7.81. The minimum absolute atomic E-state index is 0.0102. The fraction of sp³-hybridized carbons (Fsp3) is 0.273. The van der Waals surface area contributed by atoms with E-state index in [9.17, 15) is 4.79 Å². The maximum atomic E-state index is 15.2. The fourth-order valence-corrected chi connectivity index (χ4v) is 4.73. The molecule has 2 aromatic carbocycles. The van der Waals surface area contributed by atoms with Crippen LogP contribution in [0.25, 0.3) is 16.7 Å². The van der Waals surface area contributed by atoms with Crippen LogP contribution in [0.15, 0.2) is 47.6 Å². The number of aryl methyl sites for hydroxylation is 1. The highest BCUT2D eigenvalue weighted by molar-refractivity contribution is 7.98. The maximum absolute atomic E-state index is 15.2. The van der Waals surface area contributed by atoms with Gasteiger partial charge in [0, 0.05) is 11.4 Å². The number of amides is 1. The third-order valence-corrected chi connectivity index (χ3v) is 6.47. The van der Waals surface area contributed by atoms with Gasteiger partial charge in [-0.3, -0.25) is 4.79 Å². The van der Waals surface area contributed by atoms with Crippen molar-refractivity contribution in [1.82, 2.24) is 29.9 Å². The summed E-state index contributed by atoms with van der Waals surface area (Å²) in [4.78, 5) is 25.9. The number of halogens is 1. The zero-order chi connectivity index (χ0) is 21.5. The standard InChI is InChI=1S/C22H21FN6OS/c1-13-8-9-15(29-24-10-11-25-29)18(19(13)23)22(30)28-12-4-6-16(28)21-26-14-5-3-7-17(31-2)20(14)27-21/h3,5,7-11,16H,4,6,12H2,1-2H3,(H,26,27)/t16-/m0/s1.